The number of aliphatic hydroxyl groups is 1. The highest BCUT2D eigenvalue weighted by molar-refractivity contribution is 5.77. The van der Waals surface area contributed by atoms with Gasteiger partial charge in [-0.25, -0.2) is 0 Å². The van der Waals surface area contributed by atoms with E-state index in [0.29, 0.717) is 25.9 Å². The largest absolute Gasteiger partial charge is 0.391 e. The molecule has 1 aromatic carbocycles. The topological polar surface area (TPSA) is 40.5 Å². The Kier molecular flexibility index (Phi) is 3.79. The van der Waals surface area contributed by atoms with E-state index in [4.69, 9.17) is 0 Å². The average molecular weight is 233 g/mol. The van der Waals surface area contributed by atoms with Gasteiger partial charge in [0.25, 0.3) is 0 Å². The zero-order valence-electron chi connectivity index (χ0n) is 10.2. The fraction of sp³-hybridized carbons (Fsp3) is 0.500. The van der Waals surface area contributed by atoms with E-state index in [0.717, 1.165) is 0 Å². The predicted molar refractivity (Wildman–Crippen MR) is 66.7 cm³/mol. The Bertz CT molecular complexity index is 377. The van der Waals surface area contributed by atoms with Crippen LogP contribution in [0.15, 0.2) is 30.3 Å². The molecule has 1 fully saturated rings. The number of β-amino-alcohol motifs (C(OH)–C–C–N with tert-alkyl or cyclic N) is 1. The van der Waals surface area contributed by atoms with E-state index >= 15 is 0 Å². The third-order valence-corrected chi connectivity index (χ3v) is 3.37. The van der Waals surface area contributed by atoms with Gasteiger partial charge in [-0.15, -0.1) is 0 Å². The minimum Gasteiger partial charge on any atom is -0.391 e. The van der Waals surface area contributed by atoms with E-state index in [1.165, 1.54) is 5.56 Å². The molecular formula is C14H19NO2. The van der Waals surface area contributed by atoms with Gasteiger partial charge in [-0.05, 0) is 17.9 Å². The predicted octanol–water partition coefficient (Wildman–Crippen LogP) is 1.77. The Morgan fingerprint density at radius 3 is 2.76 bits per heavy atom. The quantitative estimate of drug-likeness (QED) is 0.864. The van der Waals surface area contributed by atoms with Crippen molar-refractivity contribution in [2.45, 2.75) is 31.8 Å². The van der Waals surface area contributed by atoms with Crippen LogP contribution < -0.4 is 0 Å². The molecule has 0 spiro atoms. The molecule has 1 aliphatic heterocycles. The van der Waals surface area contributed by atoms with Crippen molar-refractivity contribution in [3.05, 3.63) is 35.9 Å². The lowest BCUT2D eigenvalue weighted by Crippen LogP contribution is -2.30. The number of aliphatic hydroxyl groups excluding tert-OH is 1. The Hall–Kier alpha value is -1.35. The molecule has 0 aromatic heterocycles. The second-order valence-corrected chi connectivity index (χ2v) is 4.80. The van der Waals surface area contributed by atoms with Gasteiger partial charge in [0.05, 0.1) is 6.10 Å². The molecule has 3 nitrogen and oxygen atoms in total. The van der Waals surface area contributed by atoms with Gasteiger partial charge >= 0.3 is 0 Å². The molecule has 17 heavy (non-hydrogen) atoms. The second kappa shape index (κ2) is 5.32. The van der Waals surface area contributed by atoms with E-state index in [-0.39, 0.29) is 17.9 Å². The molecule has 0 bridgehead atoms. The van der Waals surface area contributed by atoms with Gasteiger partial charge in [-0.3, -0.25) is 4.79 Å². The number of hydrogen-bond acceptors (Lipinski definition) is 2. The number of benzene rings is 1. The van der Waals surface area contributed by atoms with Gasteiger partial charge in [0, 0.05) is 19.5 Å². The van der Waals surface area contributed by atoms with Gasteiger partial charge in [-0.2, -0.15) is 0 Å². The highest BCUT2D eigenvalue weighted by atomic mass is 16.3. The highest BCUT2D eigenvalue weighted by Gasteiger charge is 2.25. The molecule has 3 heteroatoms. The standard InChI is InChI=1S/C14H19NO2/c1-11(12-5-3-2-4-6-12)9-14(17)15-8-7-13(16)10-15/h2-6,11,13,16H,7-10H2,1H3. The maximum absolute atomic E-state index is 12.0. The molecule has 2 rings (SSSR count). The SMILES string of the molecule is CC(CC(=O)N1CCC(O)C1)c1ccccc1. The van der Waals surface area contributed by atoms with E-state index in [1.54, 1.807) is 4.90 Å². The highest BCUT2D eigenvalue weighted by Crippen LogP contribution is 2.21. The molecule has 92 valence electrons. The lowest BCUT2D eigenvalue weighted by atomic mass is 9.97. The summed E-state index contributed by atoms with van der Waals surface area (Å²) in [5.41, 5.74) is 1.19. The van der Waals surface area contributed by atoms with Crippen LogP contribution in [-0.4, -0.2) is 35.1 Å². The molecule has 0 saturated carbocycles. The van der Waals surface area contributed by atoms with Crippen LogP contribution in [0.25, 0.3) is 0 Å². The number of nitrogens with zero attached hydrogens (tertiary/aromatic N) is 1. The van der Waals surface area contributed by atoms with Crippen LogP contribution in [0.5, 0.6) is 0 Å². The van der Waals surface area contributed by atoms with E-state index < -0.39 is 0 Å². The van der Waals surface area contributed by atoms with E-state index in [2.05, 4.69) is 19.1 Å². The minimum atomic E-state index is -0.328. The Balaban J connectivity index is 1.91. The number of likely N-dealkylation sites (tertiary alicyclic amines) is 1. The Labute approximate surface area is 102 Å². The summed E-state index contributed by atoms with van der Waals surface area (Å²) in [4.78, 5) is 13.8. The maximum atomic E-state index is 12.0. The lowest BCUT2D eigenvalue weighted by Gasteiger charge is -2.18. The molecule has 1 aliphatic rings. The van der Waals surface area contributed by atoms with Crippen LogP contribution in [0, 0.1) is 0 Å². The van der Waals surface area contributed by atoms with Gasteiger partial charge in [0.1, 0.15) is 0 Å². The van der Waals surface area contributed by atoms with Gasteiger partial charge in [0.15, 0.2) is 0 Å². The first-order valence-electron chi connectivity index (χ1n) is 6.17. The maximum Gasteiger partial charge on any atom is 0.223 e. The first kappa shape index (κ1) is 12.1. The molecule has 2 unspecified atom stereocenters. The lowest BCUT2D eigenvalue weighted by molar-refractivity contribution is -0.130. The summed E-state index contributed by atoms with van der Waals surface area (Å²) in [5, 5.41) is 9.41. The van der Waals surface area contributed by atoms with Crippen molar-refractivity contribution in [3.63, 3.8) is 0 Å². The zero-order valence-corrected chi connectivity index (χ0v) is 10.2. The summed E-state index contributed by atoms with van der Waals surface area (Å²) in [6.07, 6.45) is 0.910. The third kappa shape index (κ3) is 3.07. The van der Waals surface area contributed by atoms with Crippen LogP contribution in [0.4, 0.5) is 0 Å². The first-order chi connectivity index (χ1) is 8.16. The molecule has 0 aliphatic carbocycles. The van der Waals surface area contributed by atoms with E-state index in [1.807, 2.05) is 18.2 Å². The van der Waals surface area contributed by atoms with Crippen LogP contribution in [0.1, 0.15) is 31.2 Å². The second-order valence-electron chi connectivity index (χ2n) is 4.80. The zero-order chi connectivity index (χ0) is 12.3. The number of rotatable bonds is 3. The smallest absolute Gasteiger partial charge is 0.223 e. The van der Waals surface area contributed by atoms with Gasteiger partial charge < -0.3 is 10.0 Å². The fourth-order valence-corrected chi connectivity index (χ4v) is 2.26. The molecule has 1 aromatic rings. The summed E-state index contributed by atoms with van der Waals surface area (Å²) in [6, 6.07) is 10.1. The molecule has 1 N–H and O–H groups in total. The first-order valence-corrected chi connectivity index (χ1v) is 6.17. The van der Waals surface area contributed by atoms with Crippen molar-refractivity contribution >= 4 is 5.91 Å². The molecule has 1 heterocycles. The van der Waals surface area contributed by atoms with Crippen molar-refractivity contribution in [1.29, 1.82) is 0 Å². The number of hydrogen-bond donors (Lipinski definition) is 1. The van der Waals surface area contributed by atoms with Crippen LogP contribution in [0.3, 0.4) is 0 Å². The molecule has 1 amide bonds. The van der Waals surface area contributed by atoms with Crippen LogP contribution in [-0.2, 0) is 4.79 Å². The minimum absolute atomic E-state index is 0.151. The van der Waals surface area contributed by atoms with Crippen LogP contribution >= 0.6 is 0 Å². The van der Waals surface area contributed by atoms with Crippen molar-refractivity contribution < 1.29 is 9.90 Å². The van der Waals surface area contributed by atoms with Gasteiger partial charge in [-0.1, -0.05) is 37.3 Å². The fourth-order valence-electron chi connectivity index (χ4n) is 2.26. The van der Waals surface area contributed by atoms with Crippen LogP contribution in [0.2, 0.25) is 0 Å². The van der Waals surface area contributed by atoms with Gasteiger partial charge in [0.2, 0.25) is 5.91 Å². The number of carbonyl (C=O) groups excluding carboxylic acids is 1. The van der Waals surface area contributed by atoms with Crippen molar-refractivity contribution in [3.8, 4) is 0 Å². The third-order valence-electron chi connectivity index (χ3n) is 3.37. The summed E-state index contributed by atoms with van der Waals surface area (Å²) < 4.78 is 0. The molecular weight excluding hydrogens is 214 g/mol. The molecule has 0 radical (unpaired) electrons. The number of carbonyl (C=O) groups is 1. The summed E-state index contributed by atoms with van der Waals surface area (Å²) >= 11 is 0. The number of amides is 1. The van der Waals surface area contributed by atoms with Crippen molar-refractivity contribution in [1.82, 2.24) is 4.90 Å². The average Bonchev–Trinajstić information content (AvgIpc) is 2.77. The molecule has 1 saturated heterocycles. The summed E-state index contributed by atoms with van der Waals surface area (Å²) in [7, 11) is 0. The monoisotopic (exact) mass is 233 g/mol. The Morgan fingerprint density at radius 1 is 1.47 bits per heavy atom. The molecule has 2 atom stereocenters. The van der Waals surface area contributed by atoms with Crippen molar-refractivity contribution in [2.75, 3.05) is 13.1 Å². The van der Waals surface area contributed by atoms with Crippen molar-refractivity contribution in [2.24, 2.45) is 0 Å². The van der Waals surface area contributed by atoms with E-state index in [9.17, 15) is 9.90 Å². The normalized spacial score (nSPS) is 21.5. The summed E-state index contributed by atoms with van der Waals surface area (Å²) in [6.45, 7) is 3.27. The Morgan fingerprint density at radius 2 is 2.18 bits per heavy atom. The summed E-state index contributed by atoms with van der Waals surface area (Å²) in [5.74, 6) is 0.388.